The van der Waals surface area contributed by atoms with Crippen LogP contribution in [0.2, 0.25) is 0 Å². The van der Waals surface area contributed by atoms with Gasteiger partial charge in [-0.15, -0.1) is 0 Å². The Labute approximate surface area is 205 Å². The standard InChI is InChI=1S/C26H31N5O4/c32-25(29-14-6-7-15-29)19-30-16-5-4-13-23(26(30)33)28-24(18-31(34)35)27-22-12-8-11-21(17-22)20-9-2-1-3-10-20/h1-3,8-12,17,23H,4-7,13-16,18-19H2,(H,27,28). The van der Waals surface area contributed by atoms with Gasteiger partial charge in [-0.2, -0.15) is 0 Å². The molecule has 2 heterocycles. The lowest BCUT2D eigenvalue weighted by Gasteiger charge is -2.25. The molecule has 2 aliphatic rings. The first-order chi connectivity index (χ1) is 17.0. The van der Waals surface area contributed by atoms with Crippen molar-refractivity contribution in [2.24, 2.45) is 4.99 Å². The van der Waals surface area contributed by atoms with E-state index in [1.807, 2.05) is 54.6 Å². The summed E-state index contributed by atoms with van der Waals surface area (Å²) < 4.78 is 0. The van der Waals surface area contributed by atoms with Crippen LogP contribution < -0.4 is 5.32 Å². The van der Waals surface area contributed by atoms with Crippen LogP contribution in [0.4, 0.5) is 5.69 Å². The van der Waals surface area contributed by atoms with E-state index in [-0.39, 0.29) is 24.2 Å². The molecule has 1 N–H and O–H groups in total. The highest BCUT2D eigenvalue weighted by Crippen LogP contribution is 2.23. The second-order valence-corrected chi connectivity index (χ2v) is 9.00. The molecule has 9 nitrogen and oxygen atoms in total. The lowest BCUT2D eigenvalue weighted by Crippen LogP contribution is -2.45. The van der Waals surface area contributed by atoms with Crippen LogP contribution in [0.25, 0.3) is 11.1 Å². The maximum Gasteiger partial charge on any atom is 0.260 e. The van der Waals surface area contributed by atoms with Crippen LogP contribution in [0.1, 0.15) is 32.1 Å². The first-order valence-corrected chi connectivity index (χ1v) is 12.2. The molecule has 2 aromatic rings. The molecule has 2 amide bonds. The number of hydrogen-bond donors (Lipinski definition) is 1. The summed E-state index contributed by atoms with van der Waals surface area (Å²) >= 11 is 0. The molecule has 9 heteroatoms. The summed E-state index contributed by atoms with van der Waals surface area (Å²) in [5.74, 6) is -0.149. The van der Waals surface area contributed by atoms with E-state index in [1.165, 1.54) is 0 Å². The molecule has 0 bridgehead atoms. The lowest BCUT2D eigenvalue weighted by atomic mass is 10.1. The Morgan fingerprint density at radius 3 is 2.46 bits per heavy atom. The zero-order valence-corrected chi connectivity index (χ0v) is 19.8. The first-order valence-electron chi connectivity index (χ1n) is 12.2. The van der Waals surface area contributed by atoms with Crippen molar-refractivity contribution in [2.75, 3.05) is 38.0 Å². The molecular formula is C26H31N5O4. The molecule has 2 aromatic carbocycles. The smallest absolute Gasteiger partial charge is 0.260 e. The average molecular weight is 478 g/mol. The molecule has 1 unspecified atom stereocenters. The first kappa shape index (κ1) is 24.4. The highest BCUT2D eigenvalue weighted by atomic mass is 16.6. The molecule has 4 rings (SSSR count). The van der Waals surface area contributed by atoms with E-state index in [1.54, 1.807) is 9.80 Å². The number of nitro groups is 1. The molecule has 0 saturated carbocycles. The highest BCUT2D eigenvalue weighted by molar-refractivity contribution is 5.99. The van der Waals surface area contributed by atoms with Gasteiger partial charge in [-0.25, -0.2) is 0 Å². The SMILES string of the molecule is O=C(CN1CCCCC(N=C(C[N+](=O)[O-])Nc2cccc(-c3ccccc3)c2)C1=O)N1CCCC1. The zero-order chi connectivity index (χ0) is 24.6. The molecule has 2 fully saturated rings. The van der Waals surface area contributed by atoms with Gasteiger partial charge in [0.25, 0.3) is 6.54 Å². The van der Waals surface area contributed by atoms with E-state index in [0.29, 0.717) is 18.7 Å². The van der Waals surface area contributed by atoms with Crippen molar-refractivity contribution in [3.8, 4) is 11.1 Å². The van der Waals surface area contributed by atoms with Crippen molar-refractivity contribution in [3.63, 3.8) is 0 Å². The minimum Gasteiger partial charge on any atom is -0.341 e. The van der Waals surface area contributed by atoms with Gasteiger partial charge in [-0.1, -0.05) is 42.5 Å². The largest absolute Gasteiger partial charge is 0.341 e. The summed E-state index contributed by atoms with van der Waals surface area (Å²) in [6.45, 7) is 1.50. The number of amides is 2. The number of nitrogens with one attached hydrogen (secondary N) is 1. The highest BCUT2D eigenvalue weighted by Gasteiger charge is 2.30. The molecule has 0 radical (unpaired) electrons. The second kappa shape index (κ2) is 11.6. The summed E-state index contributed by atoms with van der Waals surface area (Å²) in [6.07, 6.45) is 4.04. The fraction of sp³-hybridized carbons (Fsp3) is 0.423. The van der Waals surface area contributed by atoms with Gasteiger partial charge in [-0.3, -0.25) is 24.7 Å². The number of likely N-dealkylation sites (tertiary alicyclic amines) is 2. The third-order valence-electron chi connectivity index (χ3n) is 6.39. The van der Waals surface area contributed by atoms with E-state index in [9.17, 15) is 19.7 Å². The molecule has 0 aliphatic carbocycles. The Morgan fingerprint density at radius 1 is 1.00 bits per heavy atom. The van der Waals surface area contributed by atoms with Crippen LogP contribution in [0.15, 0.2) is 59.6 Å². The van der Waals surface area contributed by atoms with Crippen molar-refractivity contribution in [3.05, 3.63) is 64.7 Å². The van der Waals surface area contributed by atoms with E-state index in [0.717, 1.165) is 49.9 Å². The van der Waals surface area contributed by atoms with Crippen LogP contribution in [0, 0.1) is 10.1 Å². The number of amidine groups is 1. The zero-order valence-electron chi connectivity index (χ0n) is 19.8. The molecular weight excluding hydrogens is 446 g/mol. The Kier molecular flexibility index (Phi) is 8.07. The Bertz CT molecular complexity index is 1080. The van der Waals surface area contributed by atoms with Crippen molar-refractivity contribution in [1.82, 2.24) is 9.80 Å². The Hall–Kier alpha value is -3.75. The van der Waals surface area contributed by atoms with Crippen LogP contribution in [-0.4, -0.2) is 71.1 Å². The number of anilines is 1. The van der Waals surface area contributed by atoms with Crippen LogP contribution in [0.5, 0.6) is 0 Å². The molecule has 2 aliphatic heterocycles. The van der Waals surface area contributed by atoms with Gasteiger partial charge >= 0.3 is 0 Å². The average Bonchev–Trinajstić information content (AvgIpc) is 3.35. The fourth-order valence-electron chi connectivity index (χ4n) is 4.59. The van der Waals surface area contributed by atoms with Gasteiger partial charge < -0.3 is 15.1 Å². The number of carbonyl (C=O) groups is 2. The summed E-state index contributed by atoms with van der Waals surface area (Å²) in [5.41, 5.74) is 2.66. The van der Waals surface area contributed by atoms with Crippen LogP contribution in [-0.2, 0) is 9.59 Å². The molecule has 0 aromatic heterocycles. The Balaban J connectivity index is 1.51. The van der Waals surface area contributed by atoms with Crippen LogP contribution >= 0.6 is 0 Å². The van der Waals surface area contributed by atoms with Gasteiger partial charge in [0.05, 0.1) is 6.54 Å². The maximum atomic E-state index is 13.3. The molecule has 184 valence electrons. The number of hydrogen-bond acceptors (Lipinski definition) is 5. The quantitative estimate of drug-likeness (QED) is 0.284. The molecule has 2 saturated heterocycles. The number of carbonyl (C=O) groups excluding carboxylic acids is 2. The maximum absolute atomic E-state index is 13.3. The van der Waals surface area contributed by atoms with E-state index < -0.39 is 17.5 Å². The third-order valence-corrected chi connectivity index (χ3v) is 6.39. The minimum atomic E-state index is -0.747. The Morgan fingerprint density at radius 2 is 1.71 bits per heavy atom. The molecule has 35 heavy (non-hydrogen) atoms. The van der Waals surface area contributed by atoms with Gasteiger partial charge in [0, 0.05) is 30.2 Å². The van der Waals surface area contributed by atoms with E-state index >= 15 is 0 Å². The molecule has 0 spiro atoms. The monoisotopic (exact) mass is 477 g/mol. The normalized spacial score (nSPS) is 18.9. The van der Waals surface area contributed by atoms with Gasteiger partial charge in [0.2, 0.25) is 11.8 Å². The summed E-state index contributed by atoms with van der Waals surface area (Å²) in [4.78, 5) is 44.7. The summed E-state index contributed by atoms with van der Waals surface area (Å²) in [5, 5.41) is 14.4. The fourth-order valence-corrected chi connectivity index (χ4v) is 4.59. The second-order valence-electron chi connectivity index (χ2n) is 9.00. The number of nitrogens with zero attached hydrogens (tertiary/aromatic N) is 4. The third kappa shape index (κ3) is 6.65. The number of aliphatic imine (C=N–C) groups is 1. The van der Waals surface area contributed by atoms with E-state index in [2.05, 4.69) is 10.3 Å². The van der Waals surface area contributed by atoms with Crippen molar-refractivity contribution in [1.29, 1.82) is 0 Å². The minimum absolute atomic E-state index is 0.0400. The van der Waals surface area contributed by atoms with Crippen molar-refractivity contribution in [2.45, 2.75) is 38.1 Å². The van der Waals surface area contributed by atoms with Crippen molar-refractivity contribution < 1.29 is 14.5 Å². The van der Waals surface area contributed by atoms with Gasteiger partial charge in [-0.05, 0) is 55.4 Å². The van der Waals surface area contributed by atoms with Gasteiger partial charge in [0.1, 0.15) is 6.04 Å². The topological polar surface area (TPSA) is 108 Å². The van der Waals surface area contributed by atoms with Gasteiger partial charge in [0.15, 0.2) is 5.84 Å². The van der Waals surface area contributed by atoms with E-state index in [4.69, 9.17) is 0 Å². The predicted molar refractivity (Wildman–Crippen MR) is 135 cm³/mol. The lowest BCUT2D eigenvalue weighted by molar-refractivity contribution is -0.463. The summed E-state index contributed by atoms with van der Waals surface area (Å²) in [7, 11) is 0. The number of benzene rings is 2. The number of rotatable bonds is 7. The van der Waals surface area contributed by atoms with Crippen molar-refractivity contribution >= 4 is 23.3 Å². The summed E-state index contributed by atoms with van der Waals surface area (Å²) in [6, 6.07) is 16.6. The molecule has 1 atom stereocenters. The van der Waals surface area contributed by atoms with Crippen LogP contribution in [0.3, 0.4) is 0 Å². The predicted octanol–water partition coefficient (Wildman–Crippen LogP) is 3.44.